The van der Waals surface area contributed by atoms with Gasteiger partial charge < -0.3 is 5.73 Å². The Morgan fingerprint density at radius 1 is 1.37 bits per heavy atom. The summed E-state index contributed by atoms with van der Waals surface area (Å²) >= 11 is 6.19. The summed E-state index contributed by atoms with van der Waals surface area (Å²) in [7, 11) is 0. The maximum absolute atomic E-state index is 12.2. The van der Waals surface area contributed by atoms with Crippen LogP contribution < -0.4 is 11.3 Å². The summed E-state index contributed by atoms with van der Waals surface area (Å²) in [5.41, 5.74) is 7.42. The van der Waals surface area contributed by atoms with E-state index in [0.29, 0.717) is 26.7 Å². The van der Waals surface area contributed by atoms with Crippen molar-refractivity contribution in [3.63, 3.8) is 0 Å². The van der Waals surface area contributed by atoms with E-state index in [1.165, 1.54) is 15.9 Å². The van der Waals surface area contributed by atoms with Crippen LogP contribution in [0.5, 0.6) is 0 Å². The molecule has 8 heteroatoms. The molecule has 0 saturated carbocycles. The summed E-state index contributed by atoms with van der Waals surface area (Å²) in [6, 6.07) is 7.36. The summed E-state index contributed by atoms with van der Waals surface area (Å²) in [6.45, 7) is 0. The van der Waals surface area contributed by atoms with Gasteiger partial charge in [-0.3, -0.25) is 9.89 Å². The van der Waals surface area contributed by atoms with Crippen LogP contribution in [0.25, 0.3) is 4.96 Å². The molecule has 0 atom stereocenters. The lowest BCUT2D eigenvalue weighted by Crippen LogP contribution is -2.22. The lowest BCUT2D eigenvalue weighted by molar-refractivity contribution is 0.806. The second-order valence-electron chi connectivity index (χ2n) is 3.95. The van der Waals surface area contributed by atoms with Gasteiger partial charge in [-0.25, -0.2) is 0 Å². The van der Waals surface area contributed by atoms with Crippen molar-refractivity contribution in [2.24, 2.45) is 0 Å². The molecule has 1 aromatic carbocycles. The molecule has 0 fully saturated rings. The quantitative estimate of drug-likeness (QED) is 0.550. The van der Waals surface area contributed by atoms with Crippen molar-refractivity contribution in [1.29, 1.82) is 0 Å². The van der Waals surface area contributed by atoms with Gasteiger partial charge in [-0.05, 0) is 23.8 Å². The number of nitrogens with zero attached hydrogens (tertiary/aromatic N) is 3. The molecule has 3 aromatic rings. The zero-order valence-electron chi connectivity index (χ0n) is 9.66. The lowest BCUT2D eigenvalue weighted by Gasteiger charge is -2.03. The predicted molar refractivity (Wildman–Crippen MR) is 76.0 cm³/mol. The summed E-state index contributed by atoms with van der Waals surface area (Å²) in [4.78, 5) is 12.7. The highest BCUT2D eigenvalue weighted by molar-refractivity contribution is 7.73. The fraction of sp³-hybridized carbons (Fsp3) is 0.0909. The van der Waals surface area contributed by atoms with Crippen LogP contribution in [0.4, 0.5) is 5.69 Å². The van der Waals surface area contributed by atoms with Crippen molar-refractivity contribution in [2.45, 2.75) is 6.42 Å². The molecular formula is C11H9N5OS2. The number of nitrogens with one attached hydrogen (secondary N) is 1. The number of hydrogen-bond acceptors (Lipinski definition) is 6. The smallest absolute Gasteiger partial charge is 0.295 e. The number of aromatic nitrogens is 4. The fourth-order valence-electron chi connectivity index (χ4n) is 1.75. The Balaban J connectivity index is 2.11. The number of nitrogens with two attached hydrogens (primary N) is 1. The lowest BCUT2D eigenvalue weighted by atomic mass is 10.1. The highest BCUT2D eigenvalue weighted by atomic mass is 32.1. The molecule has 2 heterocycles. The highest BCUT2D eigenvalue weighted by Crippen LogP contribution is 2.13. The molecule has 0 aliphatic carbocycles. The maximum Gasteiger partial charge on any atom is 0.295 e. The van der Waals surface area contributed by atoms with Gasteiger partial charge in [-0.1, -0.05) is 29.5 Å². The van der Waals surface area contributed by atoms with Crippen molar-refractivity contribution in [1.82, 2.24) is 19.8 Å². The topological polar surface area (TPSA) is 89.1 Å². The number of anilines is 1. The number of H-pyrrole nitrogens is 1. The number of para-hydroxylation sites is 1. The number of aromatic amines is 1. The van der Waals surface area contributed by atoms with Crippen LogP contribution in [-0.4, -0.2) is 19.8 Å². The third-order valence-corrected chi connectivity index (χ3v) is 3.76. The molecule has 0 spiro atoms. The van der Waals surface area contributed by atoms with E-state index < -0.39 is 0 Å². The van der Waals surface area contributed by atoms with E-state index in [1.807, 2.05) is 18.2 Å². The van der Waals surface area contributed by atoms with E-state index in [2.05, 4.69) is 15.3 Å². The van der Waals surface area contributed by atoms with Gasteiger partial charge in [0.15, 0.2) is 3.95 Å². The monoisotopic (exact) mass is 291 g/mol. The fourth-order valence-corrected chi connectivity index (χ4v) is 2.67. The second-order valence-corrected chi connectivity index (χ2v) is 5.59. The molecule has 0 unspecified atom stereocenters. The first-order chi connectivity index (χ1) is 9.15. The summed E-state index contributed by atoms with van der Waals surface area (Å²) in [5.74, 6) is 0. The Bertz CT molecular complexity index is 863. The molecular weight excluding hydrogens is 282 g/mol. The van der Waals surface area contributed by atoms with Gasteiger partial charge in [0, 0.05) is 12.1 Å². The summed E-state index contributed by atoms with van der Waals surface area (Å²) in [5, 5.41) is 10.7. The van der Waals surface area contributed by atoms with Gasteiger partial charge in [0.25, 0.3) is 5.56 Å². The number of hydrogen-bond donors (Lipinski definition) is 2. The minimum atomic E-state index is -0.249. The van der Waals surface area contributed by atoms with E-state index in [-0.39, 0.29) is 5.56 Å². The number of nitrogen functional groups attached to an aromatic ring is 1. The van der Waals surface area contributed by atoms with Crippen LogP contribution in [0.1, 0.15) is 11.3 Å². The number of benzene rings is 1. The van der Waals surface area contributed by atoms with E-state index in [1.54, 1.807) is 6.07 Å². The van der Waals surface area contributed by atoms with Crippen LogP contribution in [0.2, 0.25) is 0 Å². The highest BCUT2D eigenvalue weighted by Gasteiger charge is 2.10. The maximum atomic E-state index is 12.2. The SMILES string of the molecule is Nc1ccccc1Cc1nnc2sc(=S)[nH]n2c1=O. The van der Waals surface area contributed by atoms with Gasteiger partial charge in [0.2, 0.25) is 4.96 Å². The third kappa shape index (κ3) is 2.15. The Labute approximate surface area is 116 Å². The van der Waals surface area contributed by atoms with Crippen molar-refractivity contribution >= 4 is 34.2 Å². The van der Waals surface area contributed by atoms with Crippen LogP contribution in [0.15, 0.2) is 29.1 Å². The Kier molecular flexibility index (Phi) is 2.88. The Morgan fingerprint density at radius 2 is 2.16 bits per heavy atom. The molecule has 3 rings (SSSR count). The van der Waals surface area contributed by atoms with E-state index in [0.717, 1.165) is 5.56 Å². The zero-order valence-corrected chi connectivity index (χ0v) is 11.3. The molecule has 0 radical (unpaired) electrons. The number of rotatable bonds is 2. The standard InChI is InChI=1S/C11H9N5OS2/c12-7-4-2-1-3-6(7)5-8-9(17)16-10(14-13-8)19-11(18)15-16/h1-4H,5,12H2,(H,15,18). The van der Waals surface area contributed by atoms with Crippen LogP contribution >= 0.6 is 23.6 Å². The largest absolute Gasteiger partial charge is 0.398 e. The molecule has 0 amide bonds. The van der Waals surface area contributed by atoms with E-state index in [4.69, 9.17) is 18.0 Å². The predicted octanol–water partition coefficient (Wildman–Crippen LogP) is 1.38. The molecule has 0 saturated heterocycles. The van der Waals surface area contributed by atoms with Crippen LogP contribution in [0.3, 0.4) is 0 Å². The first kappa shape index (κ1) is 12.0. The molecule has 0 bridgehead atoms. The van der Waals surface area contributed by atoms with Gasteiger partial charge in [0.1, 0.15) is 5.69 Å². The van der Waals surface area contributed by atoms with Gasteiger partial charge in [-0.2, -0.15) is 4.52 Å². The average Bonchev–Trinajstić information content (AvgIpc) is 2.77. The Morgan fingerprint density at radius 3 is 2.95 bits per heavy atom. The Hall–Kier alpha value is -2.06. The minimum absolute atomic E-state index is 0.249. The zero-order chi connectivity index (χ0) is 13.4. The molecule has 96 valence electrons. The van der Waals surface area contributed by atoms with Gasteiger partial charge in [-0.15, -0.1) is 10.2 Å². The third-order valence-electron chi connectivity index (χ3n) is 2.70. The molecule has 0 aliphatic rings. The van der Waals surface area contributed by atoms with Gasteiger partial charge in [0.05, 0.1) is 0 Å². The van der Waals surface area contributed by atoms with Crippen molar-refractivity contribution in [3.8, 4) is 0 Å². The average molecular weight is 291 g/mol. The van der Waals surface area contributed by atoms with E-state index in [9.17, 15) is 4.79 Å². The molecule has 2 aromatic heterocycles. The van der Waals surface area contributed by atoms with Gasteiger partial charge >= 0.3 is 0 Å². The molecule has 6 nitrogen and oxygen atoms in total. The van der Waals surface area contributed by atoms with Crippen LogP contribution in [0, 0.1) is 3.95 Å². The first-order valence-electron chi connectivity index (χ1n) is 5.46. The summed E-state index contributed by atoms with van der Waals surface area (Å²) < 4.78 is 1.80. The molecule has 19 heavy (non-hydrogen) atoms. The van der Waals surface area contributed by atoms with Crippen molar-refractivity contribution < 1.29 is 0 Å². The van der Waals surface area contributed by atoms with E-state index >= 15 is 0 Å². The van der Waals surface area contributed by atoms with Crippen molar-refractivity contribution in [2.75, 3.05) is 5.73 Å². The molecule has 3 N–H and O–H groups in total. The first-order valence-corrected chi connectivity index (χ1v) is 6.68. The van der Waals surface area contributed by atoms with Crippen LogP contribution in [-0.2, 0) is 6.42 Å². The summed E-state index contributed by atoms with van der Waals surface area (Å²) in [6.07, 6.45) is 0.345. The number of fused-ring (bicyclic) bond motifs is 1. The van der Waals surface area contributed by atoms with Crippen molar-refractivity contribution in [3.05, 3.63) is 49.8 Å². The molecule has 0 aliphatic heterocycles. The minimum Gasteiger partial charge on any atom is -0.398 e. The second kappa shape index (κ2) is 4.56. The normalized spacial score (nSPS) is 10.9.